The van der Waals surface area contributed by atoms with Crippen LogP contribution in [0.4, 0.5) is 5.82 Å². The predicted octanol–water partition coefficient (Wildman–Crippen LogP) is 3.45. The van der Waals surface area contributed by atoms with Crippen LogP contribution >= 0.6 is 23.7 Å². The zero-order valence-electron chi connectivity index (χ0n) is 10.8. The molecule has 3 nitrogen and oxygen atoms in total. The third kappa shape index (κ3) is 1.97. The third-order valence-electron chi connectivity index (χ3n) is 3.54. The molecule has 1 aliphatic rings. The number of hydrogen-bond donors (Lipinski definition) is 0. The summed E-state index contributed by atoms with van der Waals surface area (Å²) in [5.74, 6) is 1.14. The molecule has 0 N–H and O–H groups in total. The highest BCUT2D eigenvalue weighted by atomic mass is 35.5. The van der Waals surface area contributed by atoms with E-state index in [9.17, 15) is 0 Å². The first-order chi connectivity index (χ1) is 8.35. The number of hydrogen-bond acceptors (Lipinski definition) is 4. The molecular weight excluding hydrogens is 266 g/mol. The summed E-state index contributed by atoms with van der Waals surface area (Å²) >= 11 is 1.86. The summed E-state index contributed by atoms with van der Waals surface area (Å²) in [6, 6.07) is 0. The zero-order valence-corrected chi connectivity index (χ0v) is 12.4. The van der Waals surface area contributed by atoms with Crippen molar-refractivity contribution in [2.75, 3.05) is 18.0 Å². The van der Waals surface area contributed by atoms with E-state index in [1.54, 1.807) is 6.33 Å². The van der Waals surface area contributed by atoms with Crippen molar-refractivity contribution >= 4 is 39.8 Å². The second-order valence-corrected chi connectivity index (χ2v) is 5.49. The molecule has 0 amide bonds. The Kier molecular flexibility index (Phi) is 4.07. The Morgan fingerprint density at radius 2 is 2.00 bits per heavy atom. The molecule has 3 rings (SSSR count). The largest absolute Gasteiger partial charge is 0.357 e. The molecule has 5 heteroatoms. The lowest BCUT2D eigenvalue weighted by Crippen LogP contribution is -2.23. The van der Waals surface area contributed by atoms with Crippen molar-refractivity contribution in [2.45, 2.75) is 33.1 Å². The quantitative estimate of drug-likeness (QED) is 0.864. The average molecular weight is 284 g/mol. The van der Waals surface area contributed by atoms with Crippen molar-refractivity contribution in [1.29, 1.82) is 0 Å². The van der Waals surface area contributed by atoms with Crippen LogP contribution in [0, 0.1) is 0 Å². The van der Waals surface area contributed by atoms with Crippen LogP contribution in [0.3, 0.4) is 0 Å². The molecule has 1 aliphatic carbocycles. The highest BCUT2D eigenvalue weighted by molar-refractivity contribution is 7.19. The van der Waals surface area contributed by atoms with Gasteiger partial charge in [0, 0.05) is 18.0 Å². The van der Waals surface area contributed by atoms with Crippen molar-refractivity contribution < 1.29 is 0 Å². The van der Waals surface area contributed by atoms with Gasteiger partial charge in [-0.15, -0.1) is 23.7 Å². The van der Waals surface area contributed by atoms with Gasteiger partial charge >= 0.3 is 0 Å². The molecule has 98 valence electrons. The molecule has 0 aromatic carbocycles. The minimum Gasteiger partial charge on any atom is -0.357 e. The zero-order chi connectivity index (χ0) is 11.8. The lowest BCUT2D eigenvalue weighted by atomic mass is 10.2. The number of aromatic nitrogens is 2. The van der Waals surface area contributed by atoms with Crippen molar-refractivity contribution in [2.24, 2.45) is 0 Å². The SMILES string of the molecule is CCN(CC)c1ncnc2sc3c(c12)CCC3.Cl. The minimum atomic E-state index is 0. The summed E-state index contributed by atoms with van der Waals surface area (Å²) < 4.78 is 0. The monoisotopic (exact) mass is 283 g/mol. The van der Waals surface area contributed by atoms with Crippen LogP contribution in [0.25, 0.3) is 10.2 Å². The van der Waals surface area contributed by atoms with Crippen molar-refractivity contribution in [3.05, 3.63) is 16.8 Å². The van der Waals surface area contributed by atoms with E-state index in [1.165, 1.54) is 39.9 Å². The Hall–Kier alpha value is -0.870. The Balaban J connectivity index is 0.00000120. The Morgan fingerprint density at radius 3 is 2.72 bits per heavy atom. The first-order valence-electron chi connectivity index (χ1n) is 6.35. The van der Waals surface area contributed by atoms with E-state index in [2.05, 4.69) is 28.7 Å². The molecule has 0 unspecified atom stereocenters. The molecular formula is C13H18ClN3S. The first kappa shape index (κ1) is 13.6. The molecule has 0 aliphatic heterocycles. The van der Waals surface area contributed by atoms with Crippen LogP contribution in [-0.2, 0) is 12.8 Å². The molecule has 2 aromatic heterocycles. The molecule has 0 saturated carbocycles. The lowest BCUT2D eigenvalue weighted by molar-refractivity contribution is 0.847. The van der Waals surface area contributed by atoms with Gasteiger partial charge in [-0.05, 0) is 38.7 Å². The number of aryl methyl sites for hydroxylation is 2. The standard InChI is InChI=1S/C13H17N3S.ClH/c1-3-16(4-2)12-11-9-6-5-7-10(9)17-13(11)15-8-14-12;/h8H,3-7H2,1-2H3;1H. The van der Waals surface area contributed by atoms with E-state index in [-0.39, 0.29) is 12.4 Å². The highest BCUT2D eigenvalue weighted by Gasteiger charge is 2.22. The second kappa shape index (κ2) is 5.41. The molecule has 2 heterocycles. The summed E-state index contributed by atoms with van der Waals surface area (Å²) in [5, 5.41) is 1.33. The molecule has 2 aromatic rings. The molecule has 0 radical (unpaired) electrons. The number of anilines is 1. The van der Waals surface area contributed by atoms with Gasteiger partial charge in [-0.25, -0.2) is 9.97 Å². The fourth-order valence-corrected chi connectivity index (χ4v) is 3.90. The van der Waals surface area contributed by atoms with E-state index >= 15 is 0 Å². The Morgan fingerprint density at radius 1 is 1.22 bits per heavy atom. The summed E-state index contributed by atoms with van der Waals surface area (Å²) in [5.41, 5.74) is 1.52. The van der Waals surface area contributed by atoms with Gasteiger partial charge in [0.25, 0.3) is 0 Å². The van der Waals surface area contributed by atoms with Crippen molar-refractivity contribution in [3.63, 3.8) is 0 Å². The van der Waals surface area contributed by atoms with E-state index in [0.717, 1.165) is 18.9 Å². The number of rotatable bonds is 3. The normalized spacial score (nSPS) is 13.4. The van der Waals surface area contributed by atoms with E-state index < -0.39 is 0 Å². The van der Waals surface area contributed by atoms with Crippen molar-refractivity contribution in [1.82, 2.24) is 9.97 Å². The van der Waals surface area contributed by atoms with E-state index in [1.807, 2.05) is 11.3 Å². The fourth-order valence-electron chi connectivity index (χ4n) is 2.67. The summed E-state index contributed by atoms with van der Waals surface area (Å²) in [7, 11) is 0. The van der Waals surface area contributed by atoms with Gasteiger partial charge in [-0.2, -0.15) is 0 Å². The Bertz CT molecular complexity index is 548. The maximum atomic E-state index is 4.52. The third-order valence-corrected chi connectivity index (χ3v) is 4.74. The van der Waals surface area contributed by atoms with Gasteiger partial charge in [0.15, 0.2) is 0 Å². The second-order valence-electron chi connectivity index (χ2n) is 4.41. The number of fused-ring (bicyclic) bond motifs is 3. The van der Waals surface area contributed by atoms with Gasteiger partial charge in [-0.1, -0.05) is 0 Å². The van der Waals surface area contributed by atoms with Gasteiger partial charge < -0.3 is 4.90 Å². The predicted molar refractivity (Wildman–Crippen MR) is 80.2 cm³/mol. The van der Waals surface area contributed by atoms with Gasteiger partial charge in [-0.3, -0.25) is 0 Å². The lowest BCUT2D eigenvalue weighted by Gasteiger charge is -2.20. The molecule has 0 fully saturated rings. The summed E-state index contributed by atoms with van der Waals surface area (Å²) in [6.07, 6.45) is 5.44. The highest BCUT2D eigenvalue weighted by Crippen LogP contribution is 2.39. The van der Waals surface area contributed by atoms with Crippen LogP contribution in [0.2, 0.25) is 0 Å². The summed E-state index contributed by atoms with van der Waals surface area (Å²) in [6.45, 7) is 6.38. The fraction of sp³-hybridized carbons (Fsp3) is 0.538. The van der Waals surface area contributed by atoms with Gasteiger partial charge in [0.05, 0.1) is 5.39 Å². The van der Waals surface area contributed by atoms with Crippen LogP contribution in [-0.4, -0.2) is 23.1 Å². The molecule has 0 spiro atoms. The molecule has 0 atom stereocenters. The topological polar surface area (TPSA) is 29.0 Å². The van der Waals surface area contributed by atoms with E-state index in [0.29, 0.717) is 0 Å². The number of thiophene rings is 1. The average Bonchev–Trinajstić information content (AvgIpc) is 2.90. The maximum absolute atomic E-state index is 4.52. The molecule has 0 saturated heterocycles. The van der Waals surface area contributed by atoms with Crippen LogP contribution in [0.15, 0.2) is 6.33 Å². The molecule has 0 bridgehead atoms. The van der Waals surface area contributed by atoms with Crippen LogP contribution < -0.4 is 4.90 Å². The minimum absolute atomic E-state index is 0. The number of nitrogens with zero attached hydrogens (tertiary/aromatic N) is 3. The van der Waals surface area contributed by atoms with Gasteiger partial charge in [0.1, 0.15) is 17.0 Å². The number of halogens is 1. The summed E-state index contributed by atoms with van der Waals surface area (Å²) in [4.78, 5) is 14.0. The van der Waals surface area contributed by atoms with Crippen LogP contribution in [0.5, 0.6) is 0 Å². The maximum Gasteiger partial charge on any atom is 0.141 e. The molecule has 18 heavy (non-hydrogen) atoms. The van der Waals surface area contributed by atoms with E-state index in [4.69, 9.17) is 0 Å². The Labute approximate surface area is 118 Å². The van der Waals surface area contributed by atoms with Crippen molar-refractivity contribution in [3.8, 4) is 0 Å². The first-order valence-corrected chi connectivity index (χ1v) is 7.17. The van der Waals surface area contributed by atoms with Gasteiger partial charge in [0.2, 0.25) is 0 Å². The smallest absolute Gasteiger partial charge is 0.141 e. The van der Waals surface area contributed by atoms with Crippen LogP contribution in [0.1, 0.15) is 30.7 Å².